The Labute approximate surface area is 247 Å². The highest BCUT2D eigenvalue weighted by Gasteiger charge is 2.27. The van der Waals surface area contributed by atoms with Crippen molar-refractivity contribution in [3.8, 4) is 40.1 Å². The topological polar surface area (TPSA) is 131 Å². The van der Waals surface area contributed by atoms with E-state index in [9.17, 15) is 30.3 Å². The molecule has 0 atom stereocenters. The van der Waals surface area contributed by atoms with E-state index in [1.807, 2.05) is 66.7 Å². The molecule has 0 amide bonds. The zero-order valence-electron chi connectivity index (χ0n) is 25.6. The zero-order chi connectivity index (χ0) is 31.3. The van der Waals surface area contributed by atoms with Crippen LogP contribution in [0.15, 0.2) is 67.9 Å². The van der Waals surface area contributed by atoms with Crippen LogP contribution in [0.2, 0.25) is 0 Å². The smallest absolute Gasteiger partial charge is 0.200 e. The monoisotopic (exact) mass is 574 g/mol. The number of allylic oxidation sites excluding steroid dienone is 8. The Bertz CT molecular complexity index is 1670. The van der Waals surface area contributed by atoms with Crippen molar-refractivity contribution in [3.05, 3.63) is 85.6 Å². The van der Waals surface area contributed by atoms with Crippen molar-refractivity contribution in [3.63, 3.8) is 0 Å². The quantitative estimate of drug-likeness (QED) is 0.0936. The van der Waals surface area contributed by atoms with Gasteiger partial charge in [0.1, 0.15) is 34.0 Å². The van der Waals surface area contributed by atoms with Crippen LogP contribution in [0.5, 0.6) is 28.7 Å². The van der Waals surface area contributed by atoms with Crippen molar-refractivity contribution in [1.29, 1.82) is 0 Å². The molecule has 0 unspecified atom stereocenters. The molecule has 0 saturated heterocycles. The Morgan fingerprint density at radius 1 is 0.667 bits per heavy atom. The number of fused-ring (bicyclic) bond motifs is 1. The average Bonchev–Trinajstić information content (AvgIpc) is 2.89. The normalized spacial score (nSPS) is 11.5. The van der Waals surface area contributed by atoms with Gasteiger partial charge in [0.15, 0.2) is 11.5 Å². The maximum Gasteiger partial charge on any atom is 0.200 e. The molecule has 3 aromatic rings. The SMILES string of the molecule is CC(C)=CCC/C(C)=C/Cc1c(O)c(CC=C(C)C)c(O)c2c(=O)c(CC=C(C)C)c(-c3cc(O)c(O)cc3O)oc12. The Morgan fingerprint density at radius 2 is 1.21 bits per heavy atom. The fraction of sp³-hybridized carbons (Fsp3) is 0.343. The van der Waals surface area contributed by atoms with Crippen molar-refractivity contribution < 1.29 is 29.9 Å². The molecule has 0 saturated carbocycles. The summed E-state index contributed by atoms with van der Waals surface area (Å²) in [5.74, 6) is -2.00. The van der Waals surface area contributed by atoms with Crippen LogP contribution in [0.1, 0.15) is 78.0 Å². The third-order valence-electron chi connectivity index (χ3n) is 7.09. The number of hydrogen-bond donors (Lipinski definition) is 5. The summed E-state index contributed by atoms with van der Waals surface area (Å²) in [5.41, 5.74) is 4.42. The zero-order valence-corrected chi connectivity index (χ0v) is 25.6. The molecule has 0 bridgehead atoms. The first kappa shape index (κ1) is 32.1. The second-order valence-electron chi connectivity index (χ2n) is 11.5. The van der Waals surface area contributed by atoms with Crippen LogP contribution in [-0.4, -0.2) is 25.5 Å². The van der Waals surface area contributed by atoms with E-state index in [0.717, 1.165) is 41.7 Å². The molecule has 0 spiro atoms. The van der Waals surface area contributed by atoms with Crippen molar-refractivity contribution in [1.82, 2.24) is 0 Å². The maximum absolute atomic E-state index is 14.2. The van der Waals surface area contributed by atoms with Crippen LogP contribution in [0.25, 0.3) is 22.3 Å². The van der Waals surface area contributed by atoms with Crippen molar-refractivity contribution in [2.45, 2.75) is 80.6 Å². The molecule has 0 aliphatic rings. The van der Waals surface area contributed by atoms with Gasteiger partial charge in [0.25, 0.3) is 0 Å². The summed E-state index contributed by atoms with van der Waals surface area (Å²) in [4.78, 5) is 14.2. The molecule has 1 heterocycles. The predicted octanol–water partition coefficient (Wildman–Crippen LogP) is 8.24. The lowest BCUT2D eigenvalue weighted by Crippen LogP contribution is -2.13. The Kier molecular flexibility index (Phi) is 10.3. The van der Waals surface area contributed by atoms with Crippen LogP contribution < -0.4 is 5.43 Å². The van der Waals surface area contributed by atoms with Crippen LogP contribution >= 0.6 is 0 Å². The van der Waals surface area contributed by atoms with Gasteiger partial charge in [0.2, 0.25) is 5.43 Å². The number of phenols is 5. The highest BCUT2D eigenvalue weighted by molar-refractivity contribution is 5.92. The summed E-state index contributed by atoms with van der Waals surface area (Å²) in [6.07, 6.45) is 10.1. The molecule has 1 aromatic heterocycles. The van der Waals surface area contributed by atoms with Crippen molar-refractivity contribution in [2.75, 3.05) is 0 Å². The number of phenolic OH excluding ortho intramolecular Hbond substituents is 5. The molecule has 224 valence electrons. The molecule has 7 nitrogen and oxygen atoms in total. The third kappa shape index (κ3) is 7.27. The Balaban J connectivity index is 2.43. The molecule has 0 radical (unpaired) electrons. The maximum atomic E-state index is 14.2. The first-order valence-corrected chi connectivity index (χ1v) is 14.1. The van der Waals surface area contributed by atoms with Gasteiger partial charge in [-0.3, -0.25) is 4.79 Å². The molecule has 0 fully saturated rings. The molecule has 5 N–H and O–H groups in total. The molecule has 42 heavy (non-hydrogen) atoms. The lowest BCUT2D eigenvalue weighted by molar-refractivity contribution is 0.396. The number of aromatic hydroxyl groups is 5. The lowest BCUT2D eigenvalue weighted by Gasteiger charge is -2.17. The van der Waals surface area contributed by atoms with Crippen molar-refractivity contribution in [2.24, 2.45) is 0 Å². The fourth-order valence-electron chi connectivity index (χ4n) is 4.66. The average molecular weight is 575 g/mol. The van der Waals surface area contributed by atoms with Gasteiger partial charge in [0, 0.05) is 22.8 Å². The van der Waals surface area contributed by atoms with Gasteiger partial charge in [0.05, 0.1) is 5.56 Å². The highest BCUT2D eigenvalue weighted by Crippen LogP contribution is 2.44. The van der Waals surface area contributed by atoms with Crippen molar-refractivity contribution >= 4 is 11.0 Å². The van der Waals surface area contributed by atoms with E-state index >= 15 is 0 Å². The third-order valence-corrected chi connectivity index (χ3v) is 7.09. The van der Waals surface area contributed by atoms with Gasteiger partial charge in [-0.25, -0.2) is 0 Å². The summed E-state index contributed by atoms with van der Waals surface area (Å²) < 4.78 is 6.33. The van der Waals surface area contributed by atoms with E-state index in [0.29, 0.717) is 5.56 Å². The lowest BCUT2D eigenvalue weighted by atomic mass is 9.94. The van der Waals surface area contributed by atoms with Gasteiger partial charge in [-0.15, -0.1) is 0 Å². The van der Waals surface area contributed by atoms with Gasteiger partial charge in [-0.2, -0.15) is 0 Å². The fourth-order valence-corrected chi connectivity index (χ4v) is 4.66. The van der Waals surface area contributed by atoms with Gasteiger partial charge in [-0.1, -0.05) is 46.6 Å². The van der Waals surface area contributed by atoms with E-state index in [2.05, 4.69) is 6.08 Å². The molecular formula is C35H42O7. The molecule has 0 aliphatic carbocycles. The standard InChI is InChI=1S/C35H42O7/c1-19(2)9-8-10-22(7)13-16-24-31(39)23(14-11-20(3)4)32(40)30-33(41)25(15-12-21(5)6)34(42-35(24)30)26-17-28(37)29(38)18-27(26)36/h9,11-13,17-18,36-40H,8,10,14-16H2,1-7H3/b22-13+. The second-order valence-corrected chi connectivity index (χ2v) is 11.5. The summed E-state index contributed by atoms with van der Waals surface area (Å²) in [6, 6.07) is 2.09. The van der Waals surface area contributed by atoms with Crippen LogP contribution in [0.4, 0.5) is 0 Å². The Hall–Kier alpha value is -4.39. The number of rotatable bonds is 10. The van der Waals surface area contributed by atoms with Gasteiger partial charge < -0.3 is 29.9 Å². The first-order valence-electron chi connectivity index (χ1n) is 14.1. The minimum atomic E-state index is -0.529. The second kappa shape index (κ2) is 13.5. The van der Waals surface area contributed by atoms with Crippen LogP contribution in [0, 0.1) is 0 Å². The molecule has 0 aliphatic heterocycles. The molecule has 2 aromatic carbocycles. The summed E-state index contributed by atoms with van der Waals surface area (Å²) in [7, 11) is 0. The van der Waals surface area contributed by atoms with Gasteiger partial charge >= 0.3 is 0 Å². The van der Waals surface area contributed by atoms with Crippen LogP contribution in [-0.2, 0) is 19.3 Å². The molecular weight excluding hydrogens is 532 g/mol. The number of benzene rings is 2. The van der Waals surface area contributed by atoms with E-state index in [4.69, 9.17) is 4.42 Å². The van der Waals surface area contributed by atoms with E-state index in [1.54, 1.807) is 0 Å². The summed E-state index contributed by atoms with van der Waals surface area (Å²) in [6.45, 7) is 13.7. The van der Waals surface area contributed by atoms with E-state index in [1.165, 1.54) is 5.57 Å². The van der Waals surface area contributed by atoms with Crippen LogP contribution in [0.3, 0.4) is 0 Å². The first-order chi connectivity index (χ1) is 19.7. The minimum Gasteiger partial charge on any atom is -0.507 e. The number of hydrogen-bond acceptors (Lipinski definition) is 7. The van der Waals surface area contributed by atoms with E-state index < -0.39 is 22.7 Å². The minimum absolute atomic E-state index is 0.00607. The summed E-state index contributed by atoms with van der Waals surface area (Å²) >= 11 is 0. The predicted molar refractivity (Wildman–Crippen MR) is 169 cm³/mol. The molecule has 7 heteroatoms. The largest absolute Gasteiger partial charge is 0.507 e. The molecule has 3 rings (SSSR count). The van der Waals surface area contributed by atoms with Gasteiger partial charge in [-0.05, 0) is 86.6 Å². The van der Waals surface area contributed by atoms with E-state index in [-0.39, 0.29) is 64.2 Å². The summed E-state index contributed by atoms with van der Waals surface area (Å²) in [5, 5.41) is 53.6. The Morgan fingerprint density at radius 3 is 1.81 bits per heavy atom. The highest BCUT2D eigenvalue weighted by atomic mass is 16.3.